The van der Waals surface area contributed by atoms with Gasteiger partial charge in [0.1, 0.15) is 0 Å². The van der Waals surface area contributed by atoms with Crippen molar-refractivity contribution in [3.05, 3.63) is 24.3 Å². The van der Waals surface area contributed by atoms with E-state index in [1.165, 1.54) is 0 Å². The molecule has 1 aromatic rings. The van der Waals surface area contributed by atoms with Crippen molar-refractivity contribution in [2.24, 2.45) is 5.41 Å². The fourth-order valence-corrected chi connectivity index (χ4v) is 1.45. The first-order valence-corrected chi connectivity index (χ1v) is 6.23. The Kier molecular flexibility index (Phi) is 5.01. The topological polar surface area (TPSA) is 53.2 Å². The van der Waals surface area contributed by atoms with Gasteiger partial charge >= 0.3 is 6.03 Å². The molecule has 0 fully saturated rings. The number of amides is 2. The molecule has 3 N–H and O–H groups in total. The number of carbonyl (C=O) groups is 1. The number of hydrogen-bond donors (Lipinski definition) is 3. The van der Waals surface area contributed by atoms with Crippen LogP contribution in [0.4, 0.5) is 16.2 Å². The van der Waals surface area contributed by atoms with Gasteiger partial charge in [-0.3, -0.25) is 0 Å². The maximum atomic E-state index is 11.1. The summed E-state index contributed by atoms with van der Waals surface area (Å²) < 4.78 is 0. The van der Waals surface area contributed by atoms with Gasteiger partial charge in [-0.1, -0.05) is 20.8 Å². The van der Waals surface area contributed by atoms with E-state index in [9.17, 15) is 4.79 Å². The minimum Gasteiger partial charge on any atom is -0.385 e. The quantitative estimate of drug-likeness (QED) is 0.767. The molecule has 2 amide bonds. The summed E-state index contributed by atoms with van der Waals surface area (Å²) in [7, 11) is 1.59. The largest absolute Gasteiger partial charge is 0.385 e. The summed E-state index contributed by atoms with van der Waals surface area (Å²) in [5.41, 5.74) is 2.20. The minimum atomic E-state index is -0.205. The Balaban J connectivity index is 2.43. The predicted molar refractivity (Wildman–Crippen MR) is 77.1 cm³/mol. The first-order valence-electron chi connectivity index (χ1n) is 6.23. The highest BCUT2D eigenvalue weighted by Crippen LogP contribution is 2.19. The second-order valence-corrected chi connectivity index (χ2v) is 5.52. The van der Waals surface area contributed by atoms with E-state index in [0.29, 0.717) is 5.41 Å². The van der Waals surface area contributed by atoms with Gasteiger partial charge in [-0.25, -0.2) is 4.79 Å². The van der Waals surface area contributed by atoms with Crippen LogP contribution in [-0.4, -0.2) is 19.6 Å². The highest BCUT2D eigenvalue weighted by atomic mass is 16.2. The Labute approximate surface area is 109 Å². The Morgan fingerprint density at radius 1 is 1.11 bits per heavy atom. The van der Waals surface area contributed by atoms with Crippen LogP contribution in [0.15, 0.2) is 24.3 Å². The fourth-order valence-electron chi connectivity index (χ4n) is 1.45. The van der Waals surface area contributed by atoms with Gasteiger partial charge in [-0.2, -0.15) is 0 Å². The van der Waals surface area contributed by atoms with Crippen molar-refractivity contribution in [3.63, 3.8) is 0 Å². The van der Waals surface area contributed by atoms with Gasteiger partial charge < -0.3 is 16.0 Å². The normalized spacial score (nSPS) is 10.9. The zero-order chi connectivity index (χ0) is 13.6. The molecule has 0 aliphatic carbocycles. The van der Waals surface area contributed by atoms with E-state index >= 15 is 0 Å². The van der Waals surface area contributed by atoms with E-state index in [-0.39, 0.29) is 6.03 Å². The van der Waals surface area contributed by atoms with E-state index in [4.69, 9.17) is 0 Å². The highest BCUT2D eigenvalue weighted by Gasteiger charge is 2.08. The SMILES string of the molecule is CNC(=O)Nc1ccc(NCCC(C)(C)C)cc1. The first kappa shape index (κ1) is 14.4. The summed E-state index contributed by atoms with van der Waals surface area (Å²) in [6, 6.07) is 7.49. The zero-order valence-electron chi connectivity index (χ0n) is 11.6. The second-order valence-electron chi connectivity index (χ2n) is 5.52. The average Bonchev–Trinajstić information content (AvgIpc) is 2.29. The third kappa shape index (κ3) is 5.57. The molecular formula is C14H23N3O. The summed E-state index contributed by atoms with van der Waals surface area (Å²) in [4.78, 5) is 11.1. The number of urea groups is 1. The minimum absolute atomic E-state index is 0.205. The molecule has 4 heteroatoms. The maximum absolute atomic E-state index is 11.1. The Morgan fingerprint density at radius 3 is 2.17 bits per heavy atom. The molecule has 0 unspecified atom stereocenters. The number of anilines is 2. The first-order chi connectivity index (χ1) is 8.40. The average molecular weight is 249 g/mol. The van der Waals surface area contributed by atoms with Crippen LogP contribution in [0.25, 0.3) is 0 Å². The highest BCUT2D eigenvalue weighted by molar-refractivity contribution is 5.89. The molecular weight excluding hydrogens is 226 g/mol. The molecule has 0 spiro atoms. The van der Waals surface area contributed by atoms with Crippen molar-refractivity contribution in [2.45, 2.75) is 27.2 Å². The summed E-state index contributed by atoms with van der Waals surface area (Å²) in [5, 5.41) is 8.60. The number of hydrogen-bond acceptors (Lipinski definition) is 2. The van der Waals surface area contributed by atoms with Crippen molar-refractivity contribution in [1.29, 1.82) is 0 Å². The van der Waals surface area contributed by atoms with Crippen molar-refractivity contribution in [3.8, 4) is 0 Å². The van der Waals surface area contributed by atoms with Crippen LogP contribution in [0, 0.1) is 5.41 Å². The number of rotatable bonds is 4. The van der Waals surface area contributed by atoms with Gasteiger partial charge in [0.25, 0.3) is 0 Å². The molecule has 4 nitrogen and oxygen atoms in total. The van der Waals surface area contributed by atoms with Crippen molar-refractivity contribution in [1.82, 2.24) is 5.32 Å². The maximum Gasteiger partial charge on any atom is 0.318 e. The van der Waals surface area contributed by atoms with Gasteiger partial charge in [0.15, 0.2) is 0 Å². The van der Waals surface area contributed by atoms with Crippen LogP contribution in [-0.2, 0) is 0 Å². The Hall–Kier alpha value is -1.71. The molecule has 0 heterocycles. The Morgan fingerprint density at radius 2 is 1.67 bits per heavy atom. The molecule has 1 aromatic carbocycles. The summed E-state index contributed by atoms with van der Waals surface area (Å²) in [6.45, 7) is 7.63. The smallest absolute Gasteiger partial charge is 0.318 e. The molecule has 0 aliphatic heterocycles. The van der Waals surface area contributed by atoms with Crippen molar-refractivity contribution in [2.75, 3.05) is 24.2 Å². The van der Waals surface area contributed by atoms with Crippen molar-refractivity contribution < 1.29 is 4.79 Å². The summed E-state index contributed by atoms with van der Waals surface area (Å²) in [6.07, 6.45) is 1.12. The van der Waals surface area contributed by atoms with Crippen LogP contribution in [0.5, 0.6) is 0 Å². The van der Waals surface area contributed by atoms with Crippen LogP contribution in [0.2, 0.25) is 0 Å². The van der Waals surface area contributed by atoms with Gasteiger partial charge in [0.05, 0.1) is 0 Å². The molecule has 0 saturated heterocycles. The lowest BCUT2D eigenvalue weighted by molar-refractivity contribution is 0.254. The molecule has 0 atom stereocenters. The fraction of sp³-hybridized carbons (Fsp3) is 0.500. The second kappa shape index (κ2) is 6.28. The van der Waals surface area contributed by atoms with Gasteiger partial charge in [0.2, 0.25) is 0 Å². The number of carbonyl (C=O) groups excluding carboxylic acids is 1. The molecule has 0 saturated carbocycles. The van der Waals surface area contributed by atoms with Gasteiger partial charge in [-0.05, 0) is 36.1 Å². The van der Waals surface area contributed by atoms with Crippen LogP contribution < -0.4 is 16.0 Å². The van der Waals surface area contributed by atoms with E-state index in [2.05, 4.69) is 36.7 Å². The standard InChI is InChI=1S/C14H23N3O/c1-14(2,3)9-10-16-11-5-7-12(8-6-11)17-13(18)15-4/h5-8,16H,9-10H2,1-4H3,(H2,15,17,18). The van der Waals surface area contributed by atoms with Crippen molar-refractivity contribution >= 4 is 17.4 Å². The lowest BCUT2D eigenvalue weighted by atomic mass is 9.92. The van der Waals surface area contributed by atoms with Crippen LogP contribution in [0.1, 0.15) is 27.2 Å². The van der Waals surface area contributed by atoms with Gasteiger partial charge in [-0.15, -0.1) is 0 Å². The monoisotopic (exact) mass is 249 g/mol. The van der Waals surface area contributed by atoms with E-state index < -0.39 is 0 Å². The zero-order valence-corrected chi connectivity index (χ0v) is 11.6. The third-order valence-electron chi connectivity index (χ3n) is 2.57. The summed E-state index contributed by atoms with van der Waals surface area (Å²) in [5.74, 6) is 0. The summed E-state index contributed by atoms with van der Waals surface area (Å²) >= 11 is 0. The van der Waals surface area contributed by atoms with Gasteiger partial charge in [0, 0.05) is 25.0 Å². The van der Waals surface area contributed by atoms with Crippen LogP contribution >= 0.6 is 0 Å². The lowest BCUT2D eigenvalue weighted by Crippen LogP contribution is -2.24. The molecule has 0 aliphatic rings. The van der Waals surface area contributed by atoms with E-state index in [0.717, 1.165) is 24.3 Å². The third-order valence-corrected chi connectivity index (χ3v) is 2.57. The number of nitrogens with one attached hydrogen (secondary N) is 3. The van der Waals surface area contributed by atoms with Crippen LogP contribution in [0.3, 0.4) is 0 Å². The molecule has 0 radical (unpaired) electrons. The van der Waals surface area contributed by atoms with E-state index in [1.807, 2.05) is 24.3 Å². The Bertz CT molecular complexity index is 379. The molecule has 0 aromatic heterocycles. The predicted octanol–water partition coefficient (Wildman–Crippen LogP) is 3.29. The molecule has 0 bridgehead atoms. The lowest BCUT2D eigenvalue weighted by Gasteiger charge is -2.18. The molecule has 1 rings (SSSR count). The van der Waals surface area contributed by atoms with E-state index in [1.54, 1.807) is 7.05 Å². The number of benzene rings is 1. The molecule has 100 valence electrons. The molecule has 18 heavy (non-hydrogen) atoms.